The molecule has 0 atom stereocenters. The minimum Gasteiger partial charge on any atom is -0.451 e. The Labute approximate surface area is 114 Å². The van der Waals surface area contributed by atoms with E-state index in [-0.39, 0.29) is 17.6 Å². The van der Waals surface area contributed by atoms with E-state index in [0.29, 0.717) is 11.1 Å². The molecule has 0 bridgehead atoms. The second kappa shape index (κ2) is 5.52. The van der Waals surface area contributed by atoms with E-state index in [0.717, 1.165) is 5.56 Å². The summed E-state index contributed by atoms with van der Waals surface area (Å²) in [5.41, 5.74) is 0.771. The number of nitrogens with zero attached hydrogens (tertiary/aromatic N) is 2. The average Bonchev–Trinajstić information content (AvgIpc) is 2.80. The van der Waals surface area contributed by atoms with E-state index in [1.54, 1.807) is 23.1 Å². The van der Waals surface area contributed by atoms with E-state index >= 15 is 0 Å². The van der Waals surface area contributed by atoms with E-state index in [9.17, 15) is 4.39 Å². The van der Waals surface area contributed by atoms with Crippen LogP contribution in [0, 0.1) is 5.82 Å². The molecule has 0 amide bonds. The van der Waals surface area contributed by atoms with Gasteiger partial charge in [-0.05, 0) is 19.9 Å². The predicted molar refractivity (Wildman–Crippen MR) is 71.7 cm³/mol. The van der Waals surface area contributed by atoms with Crippen LogP contribution in [-0.2, 0) is 5.33 Å². The standard InChI is InChI=1S/C13H14BrFN2O/c1-9(2)17-8-11(7-16-17)18-13-10(6-14)4-3-5-12(13)15/h3-5,7-9H,6H2,1-2H3. The first-order chi connectivity index (χ1) is 8.61. The summed E-state index contributed by atoms with van der Waals surface area (Å²) in [6.45, 7) is 4.04. The normalized spacial score (nSPS) is 10.9. The van der Waals surface area contributed by atoms with Gasteiger partial charge in [0.15, 0.2) is 17.3 Å². The van der Waals surface area contributed by atoms with Gasteiger partial charge < -0.3 is 4.74 Å². The number of aromatic nitrogens is 2. The molecule has 1 aromatic carbocycles. The summed E-state index contributed by atoms with van der Waals surface area (Å²) >= 11 is 3.32. The molecule has 0 aliphatic rings. The molecule has 0 N–H and O–H groups in total. The highest BCUT2D eigenvalue weighted by molar-refractivity contribution is 9.08. The van der Waals surface area contributed by atoms with Crippen molar-refractivity contribution in [3.63, 3.8) is 0 Å². The third-order valence-corrected chi connectivity index (χ3v) is 3.12. The summed E-state index contributed by atoms with van der Waals surface area (Å²) in [7, 11) is 0. The maximum atomic E-state index is 13.7. The zero-order valence-electron chi connectivity index (χ0n) is 10.2. The molecule has 0 saturated carbocycles. The molecule has 0 aliphatic heterocycles. The van der Waals surface area contributed by atoms with Gasteiger partial charge in [-0.1, -0.05) is 28.1 Å². The smallest absolute Gasteiger partial charge is 0.167 e. The topological polar surface area (TPSA) is 27.1 Å². The second-order valence-corrected chi connectivity index (χ2v) is 4.77. The lowest BCUT2D eigenvalue weighted by Gasteiger charge is -2.08. The highest BCUT2D eigenvalue weighted by Gasteiger charge is 2.11. The van der Waals surface area contributed by atoms with Crippen LogP contribution in [0.15, 0.2) is 30.6 Å². The van der Waals surface area contributed by atoms with Gasteiger partial charge >= 0.3 is 0 Å². The molecule has 0 unspecified atom stereocenters. The number of hydrogen-bond acceptors (Lipinski definition) is 2. The van der Waals surface area contributed by atoms with Gasteiger partial charge in [0.05, 0.1) is 12.4 Å². The molecule has 0 radical (unpaired) electrons. The Balaban J connectivity index is 2.27. The van der Waals surface area contributed by atoms with E-state index in [1.807, 2.05) is 19.9 Å². The molecule has 0 spiro atoms. The van der Waals surface area contributed by atoms with Crippen molar-refractivity contribution >= 4 is 15.9 Å². The zero-order chi connectivity index (χ0) is 13.1. The van der Waals surface area contributed by atoms with Gasteiger partial charge in [-0.2, -0.15) is 5.10 Å². The Morgan fingerprint density at radius 1 is 1.44 bits per heavy atom. The van der Waals surface area contributed by atoms with Crippen LogP contribution in [0.25, 0.3) is 0 Å². The van der Waals surface area contributed by atoms with Gasteiger partial charge in [0.1, 0.15) is 0 Å². The number of rotatable bonds is 4. The Kier molecular flexibility index (Phi) is 4.01. The highest BCUT2D eigenvalue weighted by Crippen LogP contribution is 2.29. The SMILES string of the molecule is CC(C)n1cc(Oc2c(F)cccc2CBr)cn1. The lowest BCUT2D eigenvalue weighted by Crippen LogP contribution is -1.99. The van der Waals surface area contributed by atoms with Crippen molar-refractivity contribution in [2.24, 2.45) is 0 Å². The maximum absolute atomic E-state index is 13.7. The first-order valence-corrected chi connectivity index (χ1v) is 6.79. The minimum absolute atomic E-state index is 0.248. The van der Waals surface area contributed by atoms with Crippen molar-refractivity contribution in [1.29, 1.82) is 0 Å². The quantitative estimate of drug-likeness (QED) is 0.787. The maximum Gasteiger partial charge on any atom is 0.167 e. The first-order valence-electron chi connectivity index (χ1n) is 5.67. The van der Waals surface area contributed by atoms with Crippen molar-refractivity contribution in [3.8, 4) is 11.5 Å². The zero-order valence-corrected chi connectivity index (χ0v) is 11.8. The predicted octanol–water partition coefficient (Wildman–Crippen LogP) is 4.29. The Hall–Kier alpha value is -1.36. The van der Waals surface area contributed by atoms with Crippen LogP contribution < -0.4 is 4.74 Å². The van der Waals surface area contributed by atoms with Gasteiger partial charge in [0.2, 0.25) is 0 Å². The molecular formula is C13H14BrFN2O. The van der Waals surface area contributed by atoms with Crippen molar-refractivity contribution in [1.82, 2.24) is 9.78 Å². The van der Waals surface area contributed by atoms with E-state index in [2.05, 4.69) is 21.0 Å². The van der Waals surface area contributed by atoms with Crippen molar-refractivity contribution < 1.29 is 9.13 Å². The third kappa shape index (κ3) is 2.72. The summed E-state index contributed by atoms with van der Waals surface area (Å²) < 4.78 is 21.1. The molecule has 0 fully saturated rings. The van der Waals surface area contributed by atoms with Gasteiger partial charge in [-0.3, -0.25) is 4.68 Å². The van der Waals surface area contributed by atoms with Gasteiger partial charge in [0.25, 0.3) is 0 Å². The van der Waals surface area contributed by atoms with Crippen LogP contribution >= 0.6 is 15.9 Å². The number of halogens is 2. The molecule has 2 aromatic rings. The van der Waals surface area contributed by atoms with Gasteiger partial charge in [0, 0.05) is 16.9 Å². The van der Waals surface area contributed by atoms with Crippen molar-refractivity contribution in [3.05, 3.63) is 42.0 Å². The van der Waals surface area contributed by atoms with Crippen LogP contribution in [0.2, 0.25) is 0 Å². The fraction of sp³-hybridized carbons (Fsp3) is 0.308. The molecule has 1 heterocycles. The van der Waals surface area contributed by atoms with E-state index in [1.165, 1.54) is 6.07 Å². The Morgan fingerprint density at radius 3 is 2.83 bits per heavy atom. The number of hydrogen-bond donors (Lipinski definition) is 0. The molecule has 96 valence electrons. The number of ether oxygens (including phenoxy) is 1. The van der Waals surface area contributed by atoms with Crippen LogP contribution in [0.3, 0.4) is 0 Å². The van der Waals surface area contributed by atoms with Crippen molar-refractivity contribution in [2.45, 2.75) is 25.2 Å². The fourth-order valence-electron chi connectivity index (χ4n) is 1.55. The van der Waals surface area contributed by atoms with Crippen LogP contribution in [-0.4, -0.2) is 9.78 Å². The first kappa shape index (κ1) is 13.1. The molecule has 2 rings (SSSR count). The third-order valence-electron chi connectivity index (χ3n) is 2.52. The average molecular weight is 313 g/mol. The van der Waals surface area contributed by atoms with Crippen LogP contribution in [0.1, 0.15) is 25.5 Å². The summed E-state index contributed by atoms with van der Waals surface area (Å²) in [5, 5.41) is 4.69. The highest BCUT2D eigenvalue weighted by atomic mass is 79.9. The summed E-state index contributed by atoms with van der Waals surface area (Å²) in [6, 6.07) is 5.11. The molecule has 0 aliphatic carbocycles. The number of benzene rings is 1. The number of para-hydroxylation sites is 1. The minimum atomic E-state index is -0.371. The Morgan fingerprint density at radius 2 is 2.22 bits per heavy atom. The molecular weight excluding hydrogens is 299 g/mol. The number of alkyl halides is 1. The summed E-state index contributed by atoms with van der Waals surface area (Å²) in [5.74, 6) is 0.415. The van der Waals surface area contributed by atoms with Crippen LogP contribution in [0.4, 0.5) is 4.39 Å². The monoisotopic (exact) mass is 312 g/mol. The largest absolute Gasteiger partial charge is 0.451 e. The summed E-state index contributed by atoms with van der Waals surface area (Å²) in [6.07, 6.45) is 3.35. The van der Waals surface area contributed by atoms with E-state index < -0.39 is 0 Å². The van der Waals surface area contributed by atoms with Crippen molar-refractivity contribution in [2.75, 3.05) is 0 Å². The van der Waals surface area contributed by atoms with Crippen LogP contribution in [0.5, 0.6) is 11.5 Å². The van der Waals surface area contributed by atoms with E-state index in [4.69, 9.17) is 4.74 Å². The Bertz CT molecular complexity index is 540. The molecule has 5 heteroatoms. The second-order valence-electron chi connectivity index (χ2n) is 4.21. The molecule has 0 saturated heterocycles. The molecule has 18 heavy (non-hydrogen) atoms. The lowest BCUT2D eigenvalue weighted by atomic mass is 10.2. The van der Waals surface area contributed by atoms with Gasteiger partial charge in [-0.25, -0.2) is 4.39 Å². The fourth-order valence-corrected chi connectivity index (χ4v) is 1.99. The van der Waals surface area contributed by atoms with Gasteiger partial charge in [-0.15, -0.1) is 0 Å². The molecule has 1 aromatic heterocycles. The lowest BCUT2D eigenvalue weighted by molar-refractivity contribution is 0.436. The summed E-state index contributed by atoms with van der Waals surface area (Å²) in [4.78, 5) is 0. The molecule has 3 nitrogen and oxygen atoms in total.